The molecule has 37 heavy (non-hydrogen) atoms. The summed E-state index contributed by atoms with van der Waals surface area (Å²) in [5, 5.41) is 3.58. The Labute approximate surface area is 232 Å². The summed E-state index contributed by atoms with van der Waals surface area (Å²) < 4.78 is 12.9. The first kappa shape index (κ1) is 26.0. The number of nitrogens with one attached hydrogen (secondary N) is 1. The molecule has 1 aliphatic heterocycles. The third kappa shape index (κ3) is 5.09. The Morgan fingerprint density at radius 2 is 1.46 bits per heavy atom. The largest absolute Gasteiger partial charge is 0.493 e. The average molecular weight is 612 g/mol. The van der Waals surface area contributed by atoms with Gasteiger partial charge >= 0.3 is 0 Å². The molecule has 5 nitrogen and oxygen atoms in total. The van der Waals surface area contributed by atoms with Crippen LogP contribution in [0.15, 0.2) is 65.0 Å². The molecule has 2 aromatic carbocycles. The second-order valence-corrected chi connectivity index (χ2v) is 13.2. The number of rotatable bonds is 5. The van der Waals surface area contributed by atoms with Crippen molar-refractivity contribution >= 4 is 34.2 Å². The summed E-state index contributed by atoms with van der Waals surface area (Å²) in [6.07, 6.45) is 2.50. The highest BCUT2D eigenvalue weighted by Crippen LogP contribution is 2.52. The fourth-order valence-corrected chi connectivity index (χ4v) is 6.78. The van der Waals surface area contributed by atoms with Crippen LogP contribution in [-0.4, -0.2) is 18.7 Å². The number of halogens is 1. The quantitative estimate of drug-likeness (QED) is 0.375. The number of Topliss-reactive ketones (excluding diaryl/α,β-unsaturated/α-hetero) is 2. The molecule has 0 aromatic heterocycles. The van der Waals surface area contributed by atoms with E-state index in [2.05, 4.69) is 61.7 Å². The van der Waals surface area contributed by atoms with E-state index in [9.17, 15) is 9.59 Å². The van der Waals surface area contributed by atoms with Crippen LogP contribution in [0.1, 0.15) is 70.4 Å². The van der Waals surface area contributed by atoms with Crippen molar-refractivity contribution < 1.29 is 19.1 Å². The second-order valence-electron chi connectivity index (χ2n) is 12.0. The van der Waals surface area contributed by atoms with Gasteiger partial charge < -0.3 is 14.8 Å². The fourth-order valence-electron chi connectivity index (χ4n) is 6.00. The van der Waals surface area contributed by atoms with E-state index in [1.54, 1.807) is 7.11 Å². The summed E-state index contributed by atoms with van der Waals surface area (Å²) in [6, 6.07) is 14.0. The number of benzene rings is 2. The van der Waals surface area contributed by atoms with Crippen LogP contribution >= 0.6 is 22.6 Å². The SMILES string of the molecule is COc1cc(C2C3=C(CC(C)(C)CC3=O)NC3=C2C(=O)CC(C)(C)C3)cc(I)c1OCc1ccccc1. The van der Waals surface area contributed by atoms with Crippen LogP contribution in [0, 0.1) is 14.4 Å². The zero-order valence-corrected chi connectivity index (χ0v) is 24.3. The van der Waals surface area contributed by atoms with Gasteiger partial charge in [0.15, 0.2) is 23.1 Å². The van der Waals surface area contributed by atoms with Crippen LogP contribution in [-0.2, 0) is 16.2 Å². The Morgan fingerprint density at radius 3 is 2.00 bits per heavy atom. The molecule has 0 spiro atoms. The number of carbonyl (C=O) groups excluding carboxylic acids is 2. The number of ketones is 2. The maximum atomic E-state index is 13.6. The molecule has 1 heterocycles. The molecule has 0 radical (unpaired) electrons. The van der Waals surface area contributed by atoms with Crippen molar-refractivity contribution in [2.24, 2.45) is 10.8 Å². The molecule has 0 bridgehead atoms. The van der Waals surface area contributed by atoms with E-state index >= 15 is 0 Å². The third-order valence-corrected chi connectivity index (χ3v) is 8.33. The summed E-state index contributed by atoms with van der Waals surface area (Å²) >= 11 is 2.27. The number of hydrogen-bond donors (Lipinski definition) is 1. The van der Waals surface area contributed by atoms with Gasteiger partial charge in [0.05, 0.1) is 10.7 Å². The number of dihydropyridines is 1. The molecule has 2 aromatic rings. The van der Waals surface area contributed by atoms with Crippen LogP contribution in [0.4, 0.5) is 0 Å². The third-order valence-electron chi connectivity index (χ3n) is 7.53. The molecular weight excluding hydrogens is 577 g/mol. The van der Waals surface area contributed by atoms with Gasteiger partial charge in [-0.05, 0) is 69.5 Å². The van der Waals surface area contributed by atoms with Crippen LogP contribution in [0.3, 0.4) is 0 Å². The maximum Gasteiger partial charge on any atom is 0.174 e. The maximum absolute atomic E-state index is 13.6. The van der Waals surface area contributed by atoms with Crippen molar-refractivity contribution in [3.63, 3.8) is 0 Å². The summed E-state index contributed by atoms with van der Waals surface area (Å²) in [4.78, 5) is 27.2. The van der Waals surface area contributed by atoms with Crippen molar-refractivity contribution in [3.05, 3.63) is 79.7 Å². The minimum atomic E-state index is -0.399. The molecular formula is C31H34INO4. The summed E-state index contributed by atoms with van der Waals surface area (Å²) in [5.41, 5.74) is 5.13. The zero-order chi connectivity index (χ0) is 26.5. The van der Waals surface area contributed by atoms with Gasteiger partial charge in [0.25, 0.3) is 0 Å². The molecule has 0 atom stereocenters. The Balaban J connectivity index is 1.61. The zero-order valence-electron chi connectivity index (χ0n) is 22.2. The van der Waals surface area contributed by atoms with Crippen LogP contribution < -0.4 is 14.8 Å². The highest BCUT2D eigenvalue weighted by Gasteiger charge is 2.46. The van der Waals surface area contributed by atoms with Gasteiger partial charge in [0, 0.05) is 41.3 Å². The molecule has 3 aliphatic rings. The van der Waals surface area contributed by atoms with E-state index < -0.39 is 5.92 Å². The first-order valence-electron chi connectivity index (χ1n) is 12.8. The standard InChI is InChI=1S/C31H34INO4/c1-30(2)13-21-27(23(34)15-30)26(28-22(33-21)14-31(3,4)16-24(28)35)19-11-20(32)29(25(12-19)36-5)37-17-18-9-7-6-8-10-18/h6-12,26,33H,13-17H2,1-5H3. The molecule has 194 valence electrons. The summed E-state index contributed by atoms with van der Waals surface area (Å²) in [6.45, 7) is 8.96. The van der Waals surface area contributed by atoms with Crippen LogP contribution in [0.2, 0.25) is 0 Å². The Morgan fingerprint density at radius 1 is 0.892 bits per heavy atom. The van der Waals surface area contributed by atoms with E-state index in [1.807, 2.05) is 36.4 Å². The summed E-state index contributed by atoms with van der Waals surface area (Å²) in [5.74, 6) is 1.11. The number of methoxy groups -OCH3 is 1. The second kappa shape index (κ2) is 9.61. The monoisotopic (exact) mass is 611 g/mol. The molecule has 0 fully saturated rings. The van der Waals surface area contributed by atoms with E-state index in [0.29, 0.717) is 30.9 Å². The average Bonchev–Trinajstić information content (AvgIpc) is 2.80. The van der Waals surface area contributed by atoms with Gasteiger partial charge in [-0.2, -0.15) is 0 Å². The first-order chi connectivity index (χ1) is 17.5. The molecule has 0 saturated carbocycles. The Kier molecular flexibility index (Phi) is 6.75. The first-order valence-corrected chi connectivity index (χ1v) is 13.9. The van der Waals surface area contributed by atoms with Gasteiger partial charge in [-0.15, -0.1) is 0 Å². The van der Waals surface area contributed by atoms with Crippen molar-refractivity contribution in [2.75, 3.05) is 7.11 Å². The highest BCUT2D eigenvalue weighted by molar-refractivity contribution is 14.1. The number of hydrogen-bond acceptors (Lipinski definition) is 5. The van der Waals surface area contributed by atoms with Crippen molar-refractivity contribution in [2.45, 2.75) is 65.9 Å². The molecule has 0 saturated heterocycles. The molecule has 1 N–H and O–H groups in total. The van der Waals surface area contributed by atoms with Gasteiger partial charge in [-0.25, -0.2) is 0 Å². The fraction of sp³-hybridized carbons (Fsp3) is 0.419. The minimum Gasteiger partial charge on any atom is -0.493 e. The van der Waals surface area contributed by atoms with Crippen LogP contribution in [0.25, 0.3) is 0 Å². The Bertz CT molecular complexity index is 1280. The van der Waals surface area contributed by atoms with E-state index in [-0.39, 0.29) is 22.4 Å². The van der Waals surface area contributed by atoms with Gasteiger partial charge in [-0.1, -0.05) is 58.0 Å². The normalized spacial score (nSPS) is 20.8. The van der Waals surface area contributed by atoms with E-state index in [0.717, 1.165) is 50.1 Å². The molecule has 5 rings (SSSR count). The van der Waals surface area contributed by atoms with Gasteiger partial charge in [0.1, 0.15) is 6.61 Å². The van der Waals surface area contributed by atoms with Crippen molar-refractivity contribution in [3.8, 4) is 11.5 Å². The predicted molar refractivity (Wildman–Crippen MR) is 152 cm³/mol. The van der Waals surface area contributed by atoms with Crippen molar-refractivity contribution in [1.29, 1.82) is 0 Å². The lowest BCUT2D eigenvalue weighted by Gasteiger charge is -2.44. The number of carbonyl (C=O) groups is 2. The van der Waals surface area contributed by atoms with E-state index in [4.69, 9.17) is 9.47 Å². The molecule has 2 aliphatic carbocycles. The number of allylic oxidation sites excluding steroid dienone is 4. The molecule has 6 heteroatoms. The highest BCUT2D eigenvalue weighted by atomic mass is 127. The molecule has 0 amide bonds. The van der Waals surface area contributed by atoms with Gasteiger partial charge in [-0.3, -0.25) is 9.59 Å². The van der Waals surface area contributed by atoms with Crippen molar-refractivity contribution in [1.82, 2.24) is 5.32 Å². The Hall–Kier alpha value is -2.61. The van der Waals surface area contributed by atoms with Crippen LogP contribution in [0.5, 0.6) is 11.5 Å². The van der Waals surface area contributed by atoms with Gasteiger partial charge in [0.2, 0.25) is 0 Å². The lowest BCUT2D eigenvalue weighted by Crippen LogP contribution is -2.42. The number of ether oxygens (including phenoxy) is 2. The lowest BCUT2D eigenvalue weighted by molar-refractivity contribution is -0.119. The lowest BCUT2D eigenvalue weighted by atomic mass is 9.64. The summed E-state index contributed by atoms with van der Waals surface area (Å²) in [7, 11) is 1.63. The topological polar surface area (TPSA) is 64.6 Å². The molecule has 0 unspecified atom stereocenters. The predicted octanol–water partition coefficient (Wildman–Crippen LogP) is 6.85. The van der Waals surface area contributed by atoms with E-state index in [1.165, 1.54) is 0 Å². The smallest absolute Gasteiger partial charge is 0.174 e. The minimum absolute atomic E-state index is 0.117.